The largest absolute Gasteiger partial charge is 0.495 e. The summed E-state index contributed by atoms with van der Waals surface area (Å²) in [7, 11) is 1.55. The van der Waals surface area contributed by atoms with Crippen molar-refractivity contribution < 1.29 is 19.7 Å². The number of fused-ring (bicyclic) bond motifs is 3. The smallest absolute Gasteiger partial charge is 0.177 e. The molecule has 2 N–H and O–H groups in total. The van der Waals surface area contributed by atoms with Crippen molar-refractivity contribution in [1.82, 2.24) is 9.88 Å². The molecule has 1 saturated carbocycles. The van der Waals surface area contributed by atoms with Gasteiger partial charge in [-0.05, 0) is 42.8 Å². The molecule has 176 valence electrons. The second-order valence-electron chi connectivity index (χ2n) is 9.48. The minimum Gasteiger partial charge on any atom is -0.495 e. The number of methoxy groups -OCH3 is 1. The minimum atomic E-state index is -1.74. The third-order valence-corrected chi connectivity index (χ3v) is 8.39. The van der Waals surface area contributed by atoms with E-state index in [2.05, 4.69) is 37.9 Å². The van der Waals surface area contributed by atoms with Crippen LogP contribution in [0.3, 0.4) is 0 Å². The van der Waals surface area contributed by atoms with E-state index < -0.39 is 17.3 Å². The van der Waals surface area contributed by atoms with Crippen LogP contribution in [0.15, 0.2) is 71.5 Å². The van der Waals surface area contributed by atoms with Crippen molar-refractivity contribution in [2.45, 2.75) is 29.6 Å². The molecule has 5 atom stereocenters. The Morgan fingerprint density at radius 1 is 1.12 bits per heavy atom. The lowest BCUT2D eigenvalue weighted by Crippen LogP contribution is -2.52. The van der Waals surface area contributed by atoms with Gasteiger partial charge in [0.2, 0.25) is 0 Å². The first-order valence-electron chi connectivity index (χ1n) is 11.7. The van der Waals surface area contributed by atoms with E-state index in [1.54, 1.807) is 19.5 Å². The number of likely N-dealkylation sites (tertiary alicyclic amines) is 1. The number of rotatable bonds is 5. The van der Waals surface area contributed by atoms with E-state index >= 15 is 0 Å². The summed E-state index contributed by atoms with van der Waals surface area (Å²) in [4.78, 5) is 6.62. The van der Waals surface area contributed by atoms with E-state index in [4.69, 9.17) is 9.47 Å². The zero-order valence-corrected chi connectivity index (χ0v) is 20.5. The van der Waals surface area contributed by atoms with E-state index in [1.165, 1.54) is 0 Å². The van der Waals surface area contributed by atoms with Gasteiger partial charge < -0.3 is 24.6 Å². The molecule has 3 aromatic rings. The summed E-state index contributed by atoms with van der Waals surface area (Å²) in [6.07, 6.45) is 3.25. The molecule has 6 nitrogen and oxygen atoms in total. The Balaban J connectivity index is 1.64. The van der Waals surface area contributed by atoms with Crippen LogP contribution < -0.4 is 9.47 Å². The van der Waals surface area contributed by atoms with Crippen molar-refractivity contribution in [2.75, 3.05) is 26.7 Å². The molecule has 0 spiro atoms. The number of halogens is 1. The standard InChI is InChI=1S/C27H27BrN2O4/c1-33-21-14-29-15-22-24(21)26(32)25(31)20(16-30-12-5-13-30)23(17-6-3-2-4-7-17)27(26,34-22)18-8-10-19(28)11-9-18/h2-4,6-11,14-15,20,23,25,31-32H,5,12-13,16H2,1H3/t20?,23-,25-,26+,27?/m1/s1. The number of hydrogen-bond donors (Lipinski definition) is 2. The summed E-state index contributed by atoms with van der Waals surface area (Å²) in [6, 6.07) is 17.9. The van der Waals surface area contributed by atoms with E-state index in [-0.39, 0.29) is 11.8 Å². The van der Waals surface area contributed by atoms with Gasteiger partial charge in [-0.3, -0.25) is 4.98 Å². The number of benzene rings is 2. The summed E-state index contributed by atoms with van der Waals surface area (Å²) in [5.41, 5.74) is -0.711. The number of nitrogens with zero attached hydrogens (tertiary/aromatic N) is 2. The van der Waals surface area contributed by atoms with Gasteiger partial charge in [0.05, 0.1) is 31.2 Å². The summed E-state index contributed by atoms with van der Waals surface area (Å²) in [6.45, 7) is 2.67. The van der Waals surface area contributed by atoms with Gasteiger partial charge in [-0.2, -0.15) is 0 Å². The molecule has 2 fully saturated rings. The predicted molar refractivity (Wildman–Crippen MR) is 131 cm³/mol. The molecule has 6 rings (SSSR count). The summed E-state index contributed by atoms with van der Waals surface area (Å²) < 4.78 is 13.4. The lowest BCUT2D eigenvalue weighted by molar-refractivity contribution is -0.152. The third kappa shape index (κ3) is 2.87. The first kappa shape index (κ1) is 22.0. The number of hydrogen-bond acceptors (Lipinski definition) is 6. The average molecular weight is 523 g/mol. The zero-order chi connectivity index (χ0) is 23.5. The molecule has 2 aromatic carbocycles. The Morgan fingerprint density at radius 2 is 1.85 bits per heavy atom. The first-order chi connectivity index (χ1) is 16.5. The summed E-state index contributed by atoms with van der Waals surface area (Å²) in [5.74, 6) is 0.275. The molecular weight excluding hydrogens is 496 g/mol. The molecule has 2 aliphatic heterocycles. The maximum atomic E-state index is 12.7. The van der Waals surface area contributed by atoms with Gasteiger partial charge in [-0.25, -0.2) is 0 Å². The first-order valence-corrected chi connectivity index (χ1v) is 12.4. The highest BCUT2D eigenvalue weighted by atomic mass is 79.9. The molecule has 34 heavy (non-hydrogen) atoms. The second-order valence-corrected chi connectivity index (χ2v) is 10.4. The van der Waals surface area contributed by atoms with Crippen LogP contribution >= 0.6 is 15.9 Å². The van der Waals surface area contributed by atoms with Gasteiger partial charge >= 0.3 is 0 Å². The summed E-state index contributed by atoms with van der Waals surface area (Å²) in [5, 5.41) is 24.8. The van der Waals surface area contributed by atoms with Crippen LogP contribution in [-0.4, -0.2) is 52.9 Å². The normalized spacial score (nSPS) is 31.9. The Kier molecular flexibility index (Phi) is 5.22. The molecule has 0 amide bonds. The van der Waals surface area contributed by atoms with Crippen LogP contribution in [0.25, 0.3) is 0 Å². The molecule has 1 aromatic heterocycles. The molecule has 3 heterocycles. The molecule has 2 unspecified atom stereocenters. The van der Waals surface area contributed by atoms with Crippen molar-refractivity contribution in [2.24, 2.45) is 5.92 Å². The Morgan fingerprint density at radius 3 is 2.50 bits per heavy atom. The van der Waals surface area contributed by atoms with Gasteiger partial charge in [0, 0.05) is 22.9 Å². The van der Waals surface area contributed by atoms with Crippen LogP contribution in [0.2, 0.25) is 0 Å². The zero-order valence-electron chi connectivity index (χ0n) is 18.9. The Labute approximate surface area is 207 Å². The molecule has 0 bridgehead atoms. The van der Waals surface area contributed by atoms with Gasteiger partial charge in [-0.1, -0.05) is 58.4 Å². The highest BCUT2D eigenvalue weighted by molar-refractivity contribution is 9.10. The molecule has 7 heteroatoms. The average Bonchev–Trinajstić information content (AvgIpc) is 3.20. The second kappa shape index (κ2) is 8.05. The van der Waals surface area contributed by atoms with Crippen molar-refractivity contribution >= 4 is 15.9 Å². The maximum absolute atomic E-state index is 12.7. The highest BCUT2D eigenvalue weighted by Gasteiger charge is 2.76. The maximum Gasteiger partial charge on any atom is 0.177 e. The van der Waals surface area contributed by atoms with Crippen LogP contribution in [0.5, 0.6) is 11.5 Å². The van der Waals surface area contributed by atoms with Crippen molar-refractivity contribution in [1.29, 1.82) is 0 Å². The van der Waals surface area contributed by atoms with Gasteiger partial charge in [0.25, 0.3) is 0 Å². The fourth-order valence-electron chi connectivity index (χ4n) is 6.30. The van der Waals surface area contributed by atoms with E-state index in [0.717, 1.165) is 35.1 Å². The van der Waals surface area contributed by atoms with Gasteiger partial charge in [0.1, 0.15) is 11.5 Å². The van der Waals surface area contributed by atoms with Gasteiger partial charge in [0.15, 0.2) is 11.2 Å². The minimum absolute atomic E-state index is 0.262. The molecule has 3 aliphatic rings. The molecule has 1 saturated heterocycles. The van der Waals surface area contributed by atoms with Gasteiger partial charge in [-0.15, -0.1) is 0 Å². The fraction of sp³-hybridized carbons (Fsp3) is 0.370. The number of ether oxygens (including phenoxy) is 2. The Hall–Kier alpha value is -2.45. The third-order valence-electron chi connectivity index (χ3n) is 7.86. The van der Waals surface area contributed by atoms with Crippen LogP contribution in [-0.2, 0) is 11.2 Å². The summed E-state index contributed by atoms with van der Waals surface area (Å²) >= 11 is 3.53. The SMILES string of the molecule is COc1cncc2c1[C@]1(O)[C@H](O)C(CN3CCC3)[C@@H](c3ccccc3)C1(c1ccc(Br)cc1)O2. The quantitative estimate of drug-likeness (QED) is 0.530. The van der Waals surface area contributed by atoms with Crippen molar-refractivity contribution in [3.63, 3.8) is 0 Å². The van der Waals surface area contributed by atoms with Crippen LogP contribution in [0.1, 0.15) is 29.0 Å². The monoisotopic (exact) mass is 522 g/mol. The fourth-order valence-corrected chi connectivity index (χ4v) is 6.56. The number of aliphatic hydroxyl groups is 2. The van der Waals surface area contributed by atoms with Crippen molar-refractivity contribution in [3.05, 3.63) is 88.2 Å². The Bertz CT molecular complexity index is 1200. The number of aliphatic hydroxyl groups excluding tert-OH is 1. The topological polar surface area (TPSA) is 75.0 Å². The molecule has 1 aliphatic carbocycles. The number of aromatic nitrogens is 1. The lowest BCUT2D eigenvalue weighted by atomic mass is 9.70. The molecular formula is C27H27BrN2O4. The van der Waals surface area contributed by atoms with Crippen molar-refractivity contribution in [3.8, 4) is 11.5 Å². The predicted octanol–water partition coefficient (Wildman–Crippen LogP) is 3.81. The van der Waals surface area contributed by atoms with Crippen LogP contribution in [0, 0.1) is 5.92 Å². The van der Waals surface area contributed by atoms with E-state index in [9.17, 15) is 10.2 Å². The lowest BCUT2D eigenvalue weighted by Gasteiger charge is -2.41. The van der Waals surface area contributed by atoms with E-state index in [1.807, 2.05) is 42.5 Å². The molecule has 0 radical (unpaired) electrons. The highest BCUT2D eigenvalue weighted by Crippen LogP contribution is 2.69. The van der Waals surface area contributed by atoms with E-state index in [0.29, 0.717) is 23.6 Å². The number of pyridine rings is 1. The van der Waals surface area contributed by atoms with Crippen LogP contribution in [0.4, 0.5) is 0 Å².